The second-order valence-corrected chi connectivity index (χ2v) is 8.93. The predicted molar refractivity (Wildman–Crippen MR) is 139 cm³/mol. The third-order valence-corrected chi connectivity index (χ3v) is 6.56. The van der Waals surface area contributed by atoms with E-state index in [0.29, 0.717) is 6.54 Å². The van der Waals surface area contributed by atoms with Gasteiger partial charge in [-0.3, -0.25) is 0 Å². The summed E-state index contributed by atoms with van der Waals surface area (Å²) >= 11 is 0. The van der Waals surface area contributed by atoms with Crippen molar-refractivity contribution in [1.82, 2.24) is 9.47 Å². The fourth-order valence-corrected chi connectivity index (χ4v) is 4.66. The SMILES string of the molecule is CCc1ccc(NC(=O)N2Cc3ccccc3-n3cccc3[C@@H]2c2ccc(N(C)C)cc2)cc1. The number of hydrogen-bond donors (Lipinski definition) is 1. The van der Waals surface area contributed by atoms with Crippen LogP contribution < -0.4 is 10.2 Å². The van der Waals surface area contributed by atoms with Gasteiger partial charge in [0.25, 0.3) is 0 Å². The van der Waals surface area contributed by atoms with Gasteiger partial charge in [-0.05, 0) is 65.6 Å². The van der Waals surface area contributed by atoms with Crippen molar-refractivity contribution in [2.24, 2.45) is 0 Å². The van der Waals surface area contributed by atoms with Crippen LogP contribution in [0.4, 0.5) is 16.2 Å². The summed E-state index contributed by atoms with van der Waals surface area (Å²) in [4.78, 5) is 17.8. The molecular weight excluding hydrogens is 420 g/mol. The molecule has 0 bridgehead atoms. The standard InChI is InChI=1S/C29H30N4O/c1-4-21-11-15-24(16-12-21)30-29(34)33-20-23-8-5-6-9-26(23)32-19-7-10-27(32)28(33)22-13-17-25(18-14-22)31(2)3/h5-19,28H,4,20H2,1-3H3,(H,30,34)/t28-/m0/s1. The molecule has 4 aromatic rings. The molecule has 0 saturated carbocycles. The van der Waals surface area contributed by atoms with Crippen LogP contribution in [-0.2, 0) is 13.0 Å². The number of carbonyl (C=O) groups excluding carboxylic acids is 1. The van der Waals surface area contributed by atoms with E-state index in [1.807, 2.05) is 37.2 Å². The van der Waals surface area contributed by atoms with Crippen LogP contribution in [0.5, 0.6) is 0 Å². The molecule has 0 radical (unpaired) electrons. The lowest BCUT2D eigenvalue weighted by Crippen LogP contribution is -2.37. The Morgan fingerprint density at radius 1 is 0.941 bits per heavy atom. The van der Waals surface area contributed by atoms with Gasteiger partial charge in [0.15, 0.2) is 0 Å². The number of aryl methyl sites for hydroxylation is 1. The molecule has 5 nitrogen and oxygen atoms in total. The normalized spacial score (nSPS) is 14.7. The van der Waals surface area contributed by atoms with Gasteiger partial charge in [-0.15, -0.1) is 0 Å². The Kier molecular flexibility index (Phi) is 5.84. The molecule has 0 aliphatic carbocycles. The van der Waals surface area contributed by atoms with Gasteiger partial charge in [0.2, 0.25) is 0 Å². The maximum atomic E-state index is 13.8. The lowest BCUT2D eigenvalue weighted by Gasteiger charge is -2.31. The number of urea groups is 1. The van der Waals surface area contributed by atoms with Crippen LogP contribution in [0.25, 0.3) is 5.69 Å². The van der Waals surface area contributed by atoms with E-state index in [-0.39, 0.29) is 12.1 Å². The van der Waals surface area contributed by atoms with Crippen molar-refractivity contribution in [2.75, 3.05) is 24.3 Å². The number of anilines is 2. The quantitative estimate of drug-likeness (QED) is 0.400. The molecule has 1 atom stereocenters. The average molecular weight is 451 g/mol. The molecule has 3 aromatic carbocycles. The molecule has 0 spiro atoms. The molecule has 2 heterocycles. The number of aromatic nitrogens is 1. The fourth-order valence-electron chi connectivity index (χ4n) is 4.66. The van der Waals surface area contributed by atoms with Gasteiger partial charge in [0.05, 0.1) is 18.3 Å². The number of hydrogen-bond acceptors (Lipinski definition) is 2. The zero-order valence-electron chi connectivity index (χ0n) is 19.9. The average Bonchev–Trinajstić information content (AvgIpc) is 3.29. The first-order valence-electron chi connectivity index (χ1n) is 11.7. The molecule has 1 N–H and O–H groups in total. The third-order valence-electron chi connectivity index (χ3n) is 6.56. The van der Waals surface area contributed by atoms with Crippen LogP contribution in [0.2, 0.25) is 0 Å². The van der Waals surface area contributed by atoms with Gasteiger partial charge in [-0.1, -0.05) is 49.4 Å². The molecule has 1 aromatic heterocycles. The molecule has 1 aliphatic rings. The third kappa shape index (κ3) is 4.05. The van der Waals surface area contributed by atoms with E-state index in [4.69, 9.17) is 0 Å². The van der Waals surface area contributed by atoms with Crippen molar-refractivity contribution in [3.63, 3.8) is 0 Å². The van der Waals surface area contributed by atoms with Crippen LogP contribution in [0.3, 0.4) is 0 Å². The van der Waals surface area contributed by atoms with Crippen molar-refractivity contribution in [1.29, 1.82) is 0 Å². The van der Waals surface area contributed by atoms with Crippen LogP contribution in [0.1, 0.15) is 35.3 Å². The summed E-state index contributed by atoms with van der Waals surface area (Å²) in [5.41, 5.74) is 7.55. The summed E-state index contributed by atoms with van der Waals surface area (Å²) in [5.74, 6) is 0. The first kappa shape index (κ1) is 21.8. The Hall–Kier alpha value is -3.99. The second kappa shape index (κ2) is 9.10. The largest absolute Gasteiger partial charge is 0.378 e. The highest BCUT2D eigenvalue weighted by Crippen LogP contribution is 2.37. The minimum atomic E-state index is -0.228. The first-order chi connectivity index (χ1) is 16.5. The second-order valence-electron chi connectivity index (χ2n) is 8.93. The van der Waals surface area contributed by atoms with Crippen LogP contribution in [0, 0.1) is 0 Å². The number of nitrogens with zero attached hydrogens (tertiary/aromatic N) is 3. The summed E-state index contributed by atoms with van der Waals surface area (Å²) in [6.07, 6.45) is 3.05. The predicted octanol–water partition coefficient (Wildman–Crippen LogP) is 6.24. The number of nitrogens with one attached hydrogen (secondary N) is 1. The number of fused-ring (bicyclic) bond motifs is 3. The summed E-state index contributed by atoms with van der Waals surface area (Å²) in [6, 6.07) is 28.7. The minimum Gasteiger partial charge on any atom is -0.378 e. The molecule has 0 fully saturated rings. The van der Waals surface area contributed by atoms with Crippen LogP contribution >= 0.6 is 0 Å². The highest BCUT2D eigenvalue weighted by molar-refractivity contribution is 5.90. The summed E-state index contributed by atoms with van der Waals surface area (Å²) in [7, 11) is 4.07. The van der Waals surface area contributed by atoms with Gasteiger partial charge in [0, 0.05) is 37.4 Å². The molecule has 1 aliphatic heterocycles. The summed E-state index contributed by atoms with van der Waals surface area (Å²) in [6.45, 7) is 2.64. The monoisotopic (exact) mass is 450 g/mol. The summed E-state index contributed by atoms with van der Waals surface area (Å²) < 4.78 is 2.21. The van der Waals surface area contributed by atoms with E-state index < -0.39 is 0 Å². The van der Waals surface area contributed by atoms with Gasteiger partial charge >= 0.3 is 6.03 Å². The Labute approximate surface area is 201 Å². The zero-order valence-corrected chi connectivity index (χ0v) is 19.9. The molecule has 5 heteroatoms. The highest BCUT2D eigenvalue weighted by Gasteiger charge is 2.33. The van der Waals surface area contributed by atoms with Crippen molar-refractivity contribution < 1.29 is 4.79 Å². The molecule has 5 rings (SSSR count). The number of benzene rings is 3. The maximum absolute atomic E-state index is 13.8. The fraction of sp³-hybridized carbons (Fsp3) is 0.207. The Morgan fingerprint density at radius 3 is 2.38 bits per heavy atom. The number of carbonyl (C=O) groups is 1. The number of amides is 2. The van der Waals surface area contributed by atoms with Gasteiger partial charge in [-0.2, -0.15) is 0 Å². The van der Waals surface area contributed by atoms with E-state index in [1.54, 1.807) is 0 Å². The molecule has 34 heavy (non-hydrogen) atoms. The first-order valence-corrected chi connectivity index (χ1v) is 11.7. The number of rotatable bonds is 4. The van der Waals surface area contributed by atoms with Crippen LogP contribution in [0.15, 0.2) is 91.1 Å². The van der Waals surface area contributed by atoms with Crippen molar-refractivity contribution in [3.05, 3.63) is 114 Å². The number of para-hydroxylation sites is 1. The van der Waals surface area contributed by atoms with Crippen molar-refractivity contribution in [2.45, 2.75) is 25.9 Å². The van der Waals surface area contributed by atoms with Gasteiger partial charge in [-0.25, -0.2) is 4.79 Å². The maximum Gasteiger partial charge on any atom is 0.322 e. The molecular formula is C29H30N4O. The lowest BCUT2D eigenvalue weighted by molar-refractivity contribution is 0.194. The van der Waals surface area contributed by atoms with E-state index in [1.165, 1.54) is 5.56 Å². The Balaban J connectivity index is 1.58. The highest BCUT2D eigenvalue weighted by atomic mass is 16.2. The summed E-state index contributed by atoms with van der Waals surface area (Å²) in [5, 5.41) is 3.14. The van der Waals surface area contributed by atoms with E-state index >= 15 is 0 Å². The van der Waals surface area contributed by atoms with E-state index in [0.717, 1.165) is 40.3 Å². The van der Waals surface area contributed by atoms with E-state index in [2.05, 4.69) is 94.6 Å². The minimum absolute atomic E-state index is 0.115. The van der Waals surface area contributed by atoms with Crippen molar-refractivity contribution in [3.8, 4) is 5.69 Å². The Bertz CT molecular complexity index is 1290. The zero-order chi connectivity index (χ0) is 23.7. The van der Waals surface area contributed by atoms with E-state index in [9.17, 15) is 4.79 Å². The molecule has 0 saturated heterocycles. The lowest BCUT2D eigenvalue weighted by atomic mass is 10.0. The molecule has 0 unspecified atom stereocenters. The molecule has 172 valence electrons. The smallest absolute Gasteiger partial charge is 0.322 e. The topological polar surface area (TPSA) is 40.5 Å². The van der Waals surface area contributed by atoms with Gasteiger partial charge < -0.3 is 19.7 Å². The van der Waals surface area contributed by atoms with Gasteiger partial charge in [0.1, 0.15) is 0 Å². The Morgan fingerprint density at radius 2 is 1.68 bits per heavy atom. The molecule has 2 amide bonds. The van der Waals surface area contributed by atoms with Crippen LogP contribution in [-0.4, -0.2) is 29.6 Å². The van der Waals surface area contributed by atoms with Crippen molar-refractivity contribution >= 4 is 17.4 Å².